The second-order valence-electron chi connectivity index (χ2n) is 6.21. The van der Waals surface area contributed by atoms with Crippen LogP contribution >= 0.6 is 0 Å². The van der Waals surface area contributed by atoms with E-state index >= 15 is 0 Å². The summed E-state index contributed by atoms with van der Waals surface area (Å²) < 4.78 is 8.55. The summed E-state index contributed by atoms with van der Waals surface area (Å²) in [4.78, 5) is 4.76. The lowest BCUT2D eigenvalue weighted by atomic mass is 10.2. The van der Waals surface area contributed by atoms with Gasteiger partial charge in [-0.15, -0.1) is 10.2 Å². The molecule has 5 rings (SSSR count). The minimum absolute atomic E-state index is 0.501. The lowest BCUT2D eigenvalue weighted by Crippen LogP contribution is -2.05. The van der Waals surface area contributed by atoms with E-state index in [4.69, 9.17) is 9.51 Å². The fraction of sp³-hybridized carbons (Fsp3) is 0.176. The van der Waals surface area contributed by atoms with Crippen molar-refractivity contribution >= 4 is 22.4 Å². The Labute approximate surface area is 152 Å². The number of anilines is 1. The van der Waals surface area contributed by atoms with Crippen LogP contribution in [0.3, 0.4) is 0 Å². The first-order valence-corrected chi connectivity index (χ1v) is 8.36. The zero-order valence-corrected chi connectivity index (χ0v) is 14.7. The Balaban J connectivity index is 1.66. The topological polar surface area (TPSA) is 112 Å². The van der Waals surface area contributed by atoms with E-state index in [1.165, 1.54) is 0 Å². The molecule has 4 aromatic heterocycles. The number of nitrogens with one attached hydrogen (secondary N) is 1. The summed E-state index contributed by atoms with van der Waals surface area (Å²) in [5, 5.41) is 24.9. The van der Waals surface area contributed by atoms with Crippen molar-refractivity contribution in [2.45, 2.75) is 13.5 Å². The molecule has 0 fully saturated rings. The van der Waals surface area contributed by atoms with Gasteiger partial charge < -0.3 is 9.84 Å². The minimum Gasteiger partial charge on any atom is -0.364 e. The third kappa shape index (κ3) is 2.58. The minimum atomic E-state index is 0.501. The molecule has 10 heteroatoms. The van der Waals surface area contributed by atoms with Gasteiger partial charge in [-0.3, -0.25) is 4.68 Å². The van der Waals surface area contributed by atoms with Crippen molar-refractivity contribution in [1.82, 2.24) is 40.0 Å². The summed E-state index contributed by atoms with van der Waals surface area (Å²) in [5.41, 5.74) is 3.49. The van der Waals surface area contributed by atoms with Crippen LogP contribution in [-0.4, -0.2) is 40.0 Å². The van der Waals surface area contributed by atoms with E-state index in [1.807, 2.05) is 50.5 Å². The molecule has 0 aliphatic rings. The average Bonchev–Trinajstić information content (AvgIpc) is 3.39. The molecule has 0 amide bonds. The first-order chi connectivity index (χ1) is 13.2. The summed E-state index contributed by atoms with van der Waals surface area (Å²) in [6.45, 7) is 2.33. The summed E-state index contributed by atoms with van der Waals surface area (Å²) in [7, 11) is 1.83. The molecule has 0 aliphatic heterocycles. The van der Waals surface area contributed by atoms with Gasteiger partial charge in [-0.25, -0.2) is 4.98 Å². The quantitative estimate of drug-likeness (QED) is 0.517. The van der Waals surface area contributed by atoms with Crippen LogP contribution in [0.2, 0.25) is 0 Å². The Morgan fingerprint density at radius 2 is 2.04 bits per heavy atom. The highest BCUT2D eigenvalue weighted by atomic mass is 16.5. The van der Waals surface area contributed by atoms with Crippen molar-refractivity contribution in [3.63, 3.8) is 0 Å². The monoisotopic (exact) mass is 361 g/mol. The average molecular weight is 361 g/mol. The fourth-order valence-corrected chi connectivity index (χ4v) is 2.99. The van der Waals surface area contributed by atoms with E-state index in [9.17, 15) is 0 Å². The first-order valence-electron chi connectivity index (χ1n) is 8.36. The fourth-order valence-electron chi connectivity index (χ4n) is 2.99. The Morgan fingerprint density at radius 3 is 2.81 bits per heavy atom. The first kappa shape index (κ1) is 15.4. The number of rotatable bonds is 4. The highest BCUT2D eigenvalue weighted by Crippen LogP contribution is 2.27. The van der Waals surface area contributed by atoms with E-state index in [1.54, 1.807) is 9.20 Å². The summed E-state index contributed by atoms with van der Waals surface area (Å²) in [6.07, 6.45) is 1.86. The predicted octanol–water partition coefficient (Wildman–Crippen LogP) is 1.98. The Kier molecular flexibility index (Phi) is 3.35. The van der Waals surface area contributed by atoms with Gasteiger partial charge in [0.15, 0.2) is 11.3 Å². The zero-order chi connectivity index (χ0) is 18.4. The number of fused-ring (bicyclic) bond motifs is 3. The molecule has 1 N–H and O–H groups in total. The molecule has 27 heavy (non-hydrogen) atoms. The maximum absolute atomic E-state index is 5.17. The molecule has 0 atom stereocenters. The van der Waals surface area contributed by atoms with Gasteiger partial charge in [-0.1, -0.05) is 27.7 Å². The van der Waals surface area contributed by atoms with Gasteiger partial charge in [0.1, 0.15) is 23.0 Å². The number of aromatic nitrogens is 8. The lowest BCUT2D eigenvalue weighted by Gasteiger charge is -2.09. The summed E-state index contributed by atoms with van der Waals surface area (Å²) >= 11 is 0. The van der Waals surface area contributed by atoms with Gasteiger partial charge in [0.2, 0.25) is 0 Å². The molecule has 0 saturated heterocycles. The summed E-state index contributed by atoms with van der Waals surface area (Å²) in [6, 6.07) is 9.69. The van der Waals surface area contributed by atoms with Crippen LogP contribution in [-0.2, 0) is 13.6 Å². The van der Waals surface area contributed by atoms with Crippen LogP contribution in [0.25, 0.3) is 27.9 Å². The van der Waals surface area contributed by atoms with Crippen molar-refractivity contribution in [3.8, 4) is 11.4 Å². The smallest absolute Gasteiger partial charge is 0.188 e. The normalized spacial score (nSPS) is 11.5. The maximum atomic E-state index is 5.17. The molecule has 0 saturated carbocycles. The van der Waals surface area contributed by atoms with E-state index < -0.39 is 0 Å². The van der Waals surface area contributed by atoms with Crippen molar-refractivity contribution in [2.75, 3.05) is 5.32 Å². The van der Waals surface area contributed by atoms with Crippen molar-refractivity contribution < 1.29 is 4.52 Å². The molecular formula is C17H15N9O. The van der Waals surface area contributed by atoms with Crippen LogP contribution in [0, 0.1) is 6.92 Å². The number of aryl methyl sites for hydroxylation is 2. The standard InChI is InChI=1S/C17H15N9O/c1-10-7-13(22-27-10)15-17-19-16(18-8-11-9-25(2)23-20-11)12-5-3-4-6-14(12)26(17)24-21-15/h3-7,9H,8H2,1-2H3,(H,18,19). The Hall–Kier alpha value is -3.82. The van der Waals surface area contributed by atoms with Crippen LogP contribution in [0.1, 0.15) is 11.5 Å². The molecule has 0 aliphatic carbocycles. The highest BCUT2D eigenvalue weighted by molar-refractivity contribution is 5.92. The Morgan fingerprint density at radius 1 is 1.15 bits per heavy atom. The number of benzene rings is 1. The van der Waals surface area contributed by atoms with Crippen LogP contribution in [0.4, 0.5) is 5.82 Å². The van der Waals surface area contributed by atoms with E-state index in [0.717, 1.165) is 16.6 Å². The van der Waals surface area contributed by atoms with Crippen LogP contribution in [0.15, 0.2) is 41.1 Å². The largest absolute Gasteiger partial charge is 0.364 e. The van der Waals surface area contributed by atoms with Gasteiger partial charge in [0.25, 0.3) is 0 Å². The van der Waals surface area contributed by atoms with Crippen molar-refractivity contribution in [3.05, 3.63) is 48.0 Å². The van der Waals surface area contributed by atoms with Crippen LogP contribution in [0.5, 0.6) is 0 Å². The molecule has 5 aromatic rings. The molecule has 4 heterocycles. The predicted molar refractivity (Wildman–Crippen MR) is 96.9 cm³/mol. The number of nitrogens with zero attached hydrogens (tertiary/aromatic N) is 8. The molecule has 0 spiro atoms. The van der Waals surface area contributed by atoms with Gasteiger partial charge in [0.05, 0.1) is 12.1 Å². The Bertz CT molecular complexity index is 1270. The van der Waals surface area contributed by atoms with Crippen molar-refractivity contribution in [1.29, 1.82) is 0 Å². The second kappa shape index (κ2) is 5.87. The lowest BCUT2D eigenvalue weighted by molar-refractivity contribution is 0.399. The molecule has 134 valence electrons. The molecule has 1 aromatic carbocycles. The van der Waals surface area contributed by atoms with E-state index in [2.05, 4.69) is 31.1 Å². The summed E-state index contributed by atoms with van der Waals surface area (Å²) in [5.74, 6) is 1.42. The number of para-hydroxylation sites is 1. The molecular weight excluding hydrogens is 346 g/mol. The molecule has 0 bridgehead atoms. The molecule has 0 radical (unpaired) electrons. The maximum Gasteiger partial charge on any atom is 0.188 e. The third-order valence-corrected chi connectivity index (χ3v) is 4.21. The SMILES string of the molecule is Cc1cc(-c2nnn3c2nc(NCc2cn(C)nn2)c2ccccc23)no1. The number of hydrogen-bond acceptors (Lipinski definition) is 8. The zero-order valence-electron chi connectivity index (χ0n) is 14.7. The van der Waals surface area contributed by atoms with Gasteiger partial charge in [-0.05, 0) is 19.1 Å². The number of hydrogen-bond donors (Lipinski definition) is 1. The van der Waals surface area contributed by atoms with Crippen molar-refractivity contribution in [2.24, 2.45) is 7.05 Å². The van der Waals surface area contributed by atoms with Gasteiger partial charge in [0, 0.05) is 24.7 Å². The van der Waals surface area contributed by atoms with Gasteiger partial charge in [-0.2, -0.15) is 4.52 Å². The van der Waals surface area contributed by atoms with E-state index in [0.29, 0.717) is 35.2 Å². The van der Waals surface area contributed by atoms with Crippen LogP contribution < -0.4 is 5.32 Å². The highest BCUT2D eigenvalue weighted by Gasteiger charge is 2.18. The third-order valence-electron chi connectivity index (χ3n) is 4.21. The molecule has 10 nitrogen and oxygen atoms in total. The second-order valence-corrected chi connectivity index (χ2v) is 6.21. The van der Waals surface area contributed by atoms with E-state index in [-0.39, 0.29) is 0 Å². The molecule has 0 unspecified atom stereocenters. The van der Waals surface area contributed by atoms with Gasteiger partial charge >= 0.3 is 0 Å².